The molecule has 0 aliphatic carbocycles. The molecule has 5 nitrogen and oxygen atoms in total. The van der Waals surface area contributed by atoms with Crippen molar-refractivity contribution < 1.29 is 32.2 Å². The molecule has 130 valence electrons. The van der Waals surface area contributed by atoms with Crippen molar-refractivity contribution in [3.05, 3.63) is 60.7 Å². The van der Waals surface area contributed by atoms with Crippen molar-refractivity contribution in [2.75, 3.05) is 0 Å². The quantitative estimate of drug-likeness (QED) is 0.732. The number of hydrogen-bond donors (Lipinski definition) is 1. The molecule has 0 aliphatic rings. The highest BCUT2D eigenvalue weighted by Gasteiger charge is 2.30. The lowest BCUT2D eigenvalue weighted by atomic mass is 10.2. The van der Waals surface area contributed by atoms with E-state index in [0.717, 1.165) is 17.7 Å². The molecule has 1 N–H and O–H groups in total. The Morgan fingerprint density at radius 2 is 1.60 bits per heavy atom. The van der Waals surface area contributed by atoms with Gasteiger partial charge in [-0.1, -0.05) is 0 Å². The lowest BCUT2D eigenvalue weighted by Gasteiger charge is -2.09. The van der Waals surface area contributed by atoms with Crippen LogP contribution >= 0.6 is 0 Å². The second kappa shape index (κ2) is 6.76. The molecule has 0 unspecified atom stereocenters. The minimum Gasteiger partial charge on any atom is -0.508 e. The van der Waals surface area contributed by atoms with Gasteiger partial charge in [-0.05, 0) is 48.5 Å². The van der Waals surface area contributed by atoms with Crippen LogP contribution in [0.1, 0.15) is 5.89 Å². The maximum absolute atomic E-state index is 12.1. The zero-order valence-electron chi connectivity index (χ0n) is 12.7. The molecule has 0 amide bonds. The average Bonchev–Trinajstić information content (AvgIpc) is 3.02. The number of halogens is 3. The number of rotatable bonds is 5. The topological polar surface area (TPSA) is 64.7 Å². The Bertz CT molecular complexity index is 826. The number of phenolic OH excluding ortho intramolecular Hbond substituents is 1. The Kier molecular flexibility index (Phi) is 4.51. The fourth-order valence-electron chi connectivity index (χ4n) is 2.02. The van der Waals surface area contributed by atoms with Gasteiger partial charge >= 0.3 is 6.36 Å². The number of aromatic nitrogens is 1. The number of aromatic hydroxyl groups is 1. The molecule has 0 spiro atoms. The summed E-state index contributed by atoms with van der Waals surface area (Å²) in [4.78, 5) is 4.24. The van der Waals surface area contributed by atoms with Gasteiger partial charge in [-0.3, -0.25) is 0 Å². The highest BCUT2D eigenvalue weighted by molar-refractivity contribution is 5.58. The van der Waals surface area contributed by atoms with E-state index < -0.39 is 6.36 Å². The number of hydrogen-bond acceptors (Lipinski definition) is 5. The zero-order chi connectivity index (χ0) is 17.9. The first-order valence-corrected chi connectivity index (χ1v) is 7.11. The van der Waals surface area contributed by atoms with Gasteiger partial charge in [0.25, 0.3) is 0 Å². The van der Waals surface area contributed by atoms with Gasteiger partial charge in [0.1, 0.15) is 29.2 Å². The molecule has 0 saturated carbocycles. The number of ether oxygens (including phenoxy) is 2. The smallest absolute Gasteiger partial charge is 0.508 e. The van der Waals surface area contributed by atoms with E-state index in [-0.39, 0.29) is 18.1 Å². The van der Waals surface area contributed by atoms with Crippen molar-refractivity contribution in [3.8, 4) is 28.5 Å². The summed E-state index contributed by atoms with van der Waals surface area (Å²) in [5, 5.41) is 9.27. The van der Waals surface area contributed by atoms with Crippen molar-refractivity contribution in [2.45, 2.75) is 13.0 Å². The molecule has 3 rings (SSSR count). The van der Waals surface area contributed by atoms with Gasteiger partial charge in [-0.25, -0.2) is 4.98 Å². The van der Waals surface area contributed by atoms with Crippen LogP contribution in [0.4, 0.5) is 13.2 Å². The Morgan fingerprint density at radius 1 is 0.960 bits per heavy atom. The Balaban J connectivity index is 1.59. The minimum atomic E-state index is -4.73. The third-order valence-corrected chi connectivity index (χ3v) is 3.13. The van der Waals surface area contributed by atoms with Crippen LogP contribution in [-0.2, 0) is 6.61 Å². The monoisotopic (exact) mass is 351 g/mol. The van der Waals surface area contributed by atoms with Crippen LogP contribution in [0.25, 0.3) is 11.3 Å². The molecule has 0 fully saturated rings. The van der Waals surface area contributed by atoms with E-state index in [1.807, 2.05) is 0 Å². The molecule has 0 saturated heterocycles. The summed E-state index contributed by atoms with van der Waals surface area (Å²) >= 11 is 0. The first-order chi connectivity index (χ1) is 11.9. The van der Waals surface area contributed by atoms with E-state index in [9.17, 15) is 18.3 Å². The van der Waals surface area contributed by atoms with Crippen LogP contribution in [0.2, 0.25) is 0 Å². The van der Waals surface area contributed by atoms with Crippen molar-refractivity contribution in [1.82, 2.24) is 4.98 Å². The lowest BCUT2D eigenvalue weighted by Crippen LogP contribution is -2.16. The van der Waals surface area contributed by atoms with Gasteiger partial charge in [0.15, 0.2) is 6.61 Å². The highest BCUT2D eigenvalue weighted by Crippen LogP contribution is 2.25. The van der Waals surface area contributed by atoms with Gasteiger partial charge in [-0.15, -0.1) is 13.2 Å². The predicted molar refractivity (Wildman–Crippen MR) is 81.1 cm³/mol. The van der Waals surface area contributed by atoms with Crippen LogP contribution in [0.3, 0.4) is 0 Å². The first-order valence-electron chi connectivity index (χ1n) is 7.11. The SMILES string of the molecule is Oc1ccc(-c2coc(COc3ccc(OC(F)(F)F)cc3)n2)cc1. The van der Waals surface area contributed by atoms with Crippen LogP contribution in [0.5, 0.6) is 17.2 Å². The fraction of sp³-hybridized carbons (Fsp3) is 0.118. The number of benzene rings is 2. The summed E-state index contributed by atoms with van der Waals surface area (Å²) in [5.41, 5.74) is 1.34. The molecule has 3 aromatic rings. The molecule has 1 heterocycles. The second-order valence-corrected chi connectivity index (χ2v) is 4.98. The average molecular weight is 351 g/mol. The number of phenols is 1. The van der Waals surface area contributed by atoms with Gasteiger partial charge in [0, 0.05) is 5.56 Å². The molecule has 25 heavy (non-hydrogen) atoms. The van der Waals surface area contributed by atoms with Crippen molar-refractivity contribution in [1.29, 1.82) is 0 Å². The van der Waals surface area contributed by atoms with Crippen LogP contribution in [-0.4, -0.2) is 16.5 Å². The van der Waals surface area contributed by atoms with Gasteiger partial charge in [0.05, 0.1) is 0 Å². The third-order valence-electron chi connectivity index (χ3n) is 3.13. The van der Waals surface area contributed by atoms with Gasteiger partial charge in [-0.2, -0.15) is 0 Å². The van der Waals surface area contributed by atoms with E-state index in [1.54, 1.807) is 12.1 Å². The van der Waals surface area contributed by atoms with Crippen molar-refractivity contribution in [2.24, 2.45) is 0 Å². The normalized spacial score (nSPS) is 11.3. The summed E-state index contributed by atoms with van der Waals surface area (Å²) < 4.78 is 50.7. The summed E-state index contributed by atoms with van der Waals surface area (Å²) in [6.07, 6.45) is -3.28. The number of nitrogens with zero attached hydrogens (tertiary/aromatic N) is 1. The van der Waals surface area contributed by atoms with Gasteiger partial charge < -0.3 is 19.0 Å². The van der Waals surface area contributed by atoms with Crippen LogP contribution < -0.4 is 9.47 Å². The Hall–Kier alpha value is -3.16. The molecule has 0 radical (unpaired) electrons. The largest absolute Gasteiger partial charge is 0.573 e. The van der Waals surface area contributed by atoms with E-state index in [1.165, 1.54) is 30.5 Å². The summed E-state index contributed by atoms with van der Waals surface area (Å²) in [6.45, 7) is 0.0115. The van der Waals surface area contributed by atoms with E-state index in [4.69, 9.17) is 9.15 Å². The third kappa shape index (κ3) is 4.66. The van der Waals surface area contributed by atoms with Crippen molar-refractivity contribution >= 4 is 0 Å². The number of oxazole rings is 1. The van der Waals surface area contributed by atoms with E-state index in [0.29, 0.717) is 17.3 Å². The lowest BCUT2D eigenvalue weighted by molar-refractivity contribution is -0.274. The maximum Gasteiger partial charge on any atom is 0.573 e. The minimum absolute atomic E-state index is 0.0115. The Labute approximate surface area is 140 Å². The fourth-order valence-corrected chi connectivity index (χ4v) is 2.02. The summed E-state index contributed by atoms with van der Waals surface area (Å²) in [7, 11) is 0. The van der Waals surface area contributed by atoms with Crippen LogP contribution in [0, 0.1) is 0 Å². The molecular weight excluding hydrogens is 339 g/mol. The number of alkyl halides is 3. The zero-order valence-corrected chi connectivity index (χ0v) is 12.7. The predicted octanol–water partition coefficient (Wildman–Crippen LogP) is 4.52. The molecule has 8 heteroatoms. The van der Waals surface area contributed by atoms with E-state index >= 15 is 0 Å². The highest BCUT2D eigenvalue weighted by atomic mass is 19.4. The molecule has 0 bridgehead atoms. The Morgan fingerprint density at radius 3 is 2.24 bits per heavy atom. The molecule has 1 aromatic heterocycles. The van der Waals surface area contributed by atoms with Gasteiger partial charge in [0.2, 0.25) is 5.89 Å². The second-order valence-electron chi connectivity index (χ2n) is 4.98. The van der Waals surface area contributed by atoms with E-state index in [2.05, 4.69) is 9.72 Å². The summed E-state index contributed by atoms with van der Waals surface area (Å²) in [6, 6.07) is 11.5. The van der Waals surface area contributed by atoms with Crippen molar-refractivity contribution in [3.63, 3.8) is 0 Å². The maximum atomic E-state index is 12.1. The summed E-state index contributed by atoms with van der Waals surface area (Å²) in [5.74, 6) is 0.469. The molecular formula is C17H12F3NO4. The standard InChI is InChI=1S/C17H12F3NO4/c18-17(19,20)25-14-7-5-13(6-8-14)23-10-16-21-15(9-24-16)11-1-3-12(22)4-2-11/h1-9,22H,10H2. The van der Waals surface area contributed by atoms with Crippen LogP contribution in [0.15, 0.2) is 59.2 Å². The molecule has 0 atom stereocenters. The molecule has 2 aromatic carbocycles. The molecule has 0 aliphatic heterocycles. The first kappa shape index (κ1) is 16.7.